The van der Waals surface area contributed by atoms with E-state index in [-0.39, 0.29) is 17.4 Å². The fourth-order valence-electron chi connectivity index (χ4n) is 1.52. The van der Waals surface area contributed by atoms with Gasteiger partial charge in [0.25, 0.3) is 0 Å². The molecule has 0 fully saturated rings. The Balaban J connectivity index is 2.83. The van der Waals surface area contributed by atoms with Crippen LogP contribution in [0.25, 0.3) is 0 Å². The standard InChI is InChI=1S/C14H21NO2/c1-10(15-13(16)14(2,3)4)11-8-6-7-9-12(11)17-5/h6-10H,1-5H3,(H,15,16)/t10-/m0/s1. The molecule has 0 spiro atoms. The maximum Gasteiger partial charge on any atom is 0.225 e. The number of amides is 1. The zero-order valence-corrected chi connectivity index (χ0v) is 11.2. The van der Waals surface area contributed by atoms with Crippen molar-refractivity contribution in [2.24, 2.45) is 5.41 Å². The number of carbonyl (C=O) groups is 1. The number of hydrogen-bond donors (Lipinski definition) is 1. The molecule has 1 rings (SSSR count). The normalized spacial score (nSPS) is 13.0. The third kappa shape index (κ3) is 3.48. The van der Waals surface area contributed by atoms with Crippen LogP contribution in [0, 0.1) is 5.41 Å². The van der Waals surface area contributed by atoms with Crippen LogP contribution in [0.1, 0.15) is 39.3 Å². The van der Waals surface area contributed by atoms with Gasteiger partial charge in [-0.2, -0.15) is 0 Å². The zero-order chi connectivity index (χ0) is 13.1. The largest absolute Gasteiger partial charge is 0.496 e. The summed E-state index contributed by atoms with van der Waals surface area (Å²) in [4.78, 5) is 11.9. The minimum Gasteiger partial charge on any atom is -0.496 e. The summed E-state index contributed by atoms with van der Waals surface area (Å²) in [6.45, 7) is 7.66. The van der Waals surface area contributed by atoms with Gasteiger partial charge < -0.3 is 10.1 Å². The van der Waals surface area contributed by atoms with Gasteiger partial charge in [-0.05, 0) is 13.0 Å². The van der Waals surface area contributed by atoms with Crippen LogP contribution in [0.15, 0.2) is 24.3 Å². The fourth-order valence-corrected chi connectivity index (χ4v) is 1.52. The van der Waals surface area contributed by atoms with Gasteiger partial charge in [0.1, 0.15) is 5.75 Å². The maximum absolute atomic E-state index is 11.9. The van der Waals surface area contributed by atoms with Gasteiger partial charge in [0, 0.05) is 11.0 Å². The minimum atomic E-state index is -0.379. The molecule has 0 aliphatic rings. The Hall–Kier alpha value is -1.51. The summed E-state index contributed by atoms with van der Waals surface area (Å²) in [5, 5.41) is 2.99. The number of hydrogen-bond acceptors (Lipinski definition) is 2. The first kappa shape index (κ1) is 13.6. The lowest BCUT2D eigenvalue weighted by molar-refractivity contribution is -0.129. The fraction of sp³-hybridized carbons (Fsp3) is 0.500. The molecule has 0 saturated heterocycles. The predicted octanol–water partition coefficient (Wildman–Crippen LogP) is 2.92. The molecule has 1 aromatic carbocycles. The van der Waals surface area contributed by atoms with Gasteiger partial charge in [-0.1, -0.05) is 39.0 Å². The maximum atomic E-state index is 11.9. The Morgan fingerprint density at radius 1 is 1.29 bits per heavy atom. The smallest absolute Gasteiger partial charge is 0.225 e. The molecule has 1 amide bonds. The topological polar surface area (TPSA) is 38.3 Å². The molecular formula is C14H21NO2. The zero-order valence-electron chi connectivity index (χ0n) is 11.2. The van der Waals surface area contributed by atoms with Crippen LogP contribution >= 0.6 is 0 Å². The number of methoxy groups -OCH3 is 1. The summed E-state index contributed by atoms with van der Waals surface area (Å²) in [5.74, 6) is 0.838. The molecular weight excluding hydrogens is 214 g/mol. The molecule has 0 unspecified atom stereocenters. The van der Waals surface area contributed by atoms with E-state index in [4.69, 9.17) is 4.74 Å². The monoisotopic (exact) mass is 235 g/mol. The van der Waals surface area contributed by atoms with Crippen molar-refractivity contribution in [1.29, 1.82) is 0 Å². The number of rotatable bonds is 3. The highest BCUT2D eigenvalue weighted by Gasteiger charge is 2.23. The summed E-state index contributed by atoms with van der Waals surface area (Å²) in [7, 11) is 1.64. The van der Waals surface area contributed by atoms with E-state index in [2.05, 4.69) is 5.32 Å². The van der Waals surface area contributed by atoms with E-state index < -0.39 is 0 Å². The van der Waals surface area contributed by atoms with Gasteiger partial charge in [0.15, 0.2) is 0 Å². The van der Waals surface area contributed by atoms with E-state index in [0.29, 0.717) is 0 Å². The molecule has 3 nitrogen and oxygen atoms in total. The molecule has 0 saturated carbocycles. The van der Waals surface area contributed by atoms with Crippen molar-refractivity contribution >= 4 is 5.91 Å². The van der Waals surface area contributed by atoms with Crippen LogP contribution < -0.4 is 10.1 Å². The Labute approximate surface area is 103 Å². The van der Waals surface area contributed by atoms with Crippen molar-refractivity contribution in [3.8, 4) is 5.75 Å². The van der Waals surface area contributed by atoms with Crippen LogP contribution in [0.4, 0.5) is 0 Å². The first-order valence-corrected chi connectivity index (χ1v) is 5.80. The number of carbonyl (C=O) groups excluding carboxylic acids is 1. The summed E-state index contributed by atoms with van der Waals surface area (Å²) in [6, 6.07) is 7.66. The Kier molecular flexibility index (Phi) is 4.16. The molecule has 0 aromatic heterocycles. The van der Waals surface area contributed by atoms with Crippen molar-refractivity contribution in [2.75, 3.05) is 7.11 Å². The third-order valence-corrected chi connectivity index (χ3v) is 2.63. The number of nitrogens with one attached hydrogen (secondary N) is 1. The Bertz CT molecular complexity index is 393. The second kappa shape index (κ2) is 5.21. The van der Waals surface area contributed by atoms with E-state index in [0.717, 1.165) is 11.3 Å². The Morgan fingerprint density at radius 3 is 2.41 bits per heavy atom. The molecule has 0 aliphatic heterocycles. The lowest BCUT2D eigenvalue weighted by atomic mass is 9.94. The van der Waals surface area contributed by atoms with Crippen LogP contribution in [-0.4, -0.2) is 13.0 Å². The van der Waals surface area contributed by atoms with Crippen LogP contribution in [0.2, 0.25) is 0 Å². The molecule has 3 heteroatoms. The first-order chi connectivity index (χ1) is 7.86. The van der Waals surface area contributed by atoms with E-state index in [9.17, 15) is 4.79 Å². The summed E-state index contributed by atoms with van der Waals surface area (Å²) in [6.07, 6.45) is 0. The SMILES string of the molecule is COc1ccccc1[C@H](C)NC(=O)C(C)(C)C. The van der Waals surface area contributed by atoms with E-state index >= 15 is 0 Å². The highest BCUT2D eigenvalue weighted by molar-refractivity contribution is 5.81. The van der Waals surface area contributed by atoms with Gasteiger partial charge in [0.2, 0.25) is 5.91 Å². The van der Waals surface area contributed by atoms with E-state index in [1.165, 1.54) is 0 Å². The number of para-hydroxylation sites is 1. The van der Waals surface area contributed by atoms with Crippen molar-refractivity contribution in [3.05, 3.63) is 29.8 Å². The number of benzene rings is 1. The quantitative estimate of drug-likeness (QED) is 0.874. The highest BCUT2D eigenvalue weighted by Crippen LogP contribution is 2.25. The predicted molar refractivity (Wildman–Crippen MR) is 69.0 cm³/mol. The average molecular weight is 235 g/mol. The lowest BCUT2D eigenvalue weighted by Gasteiger charge is -2.23. The second-order valence-corrected chi connectivity index (χ2v) is 5.19. The molecule has 1 aromatic rings. The highest BCUT2D eigenvalue weighted by atomic mass is 16.5. The average Bonchev–Trinajstić information content (AvgIpc) is 2.27. The van der Waals surface area contributed by atoms with Gasteiger partial charge in [-0.15, -0.1) is 0 Å². The molecule has 0 radical (unpaired) electrons. The van der Waals surface area contributed by atoms with Crippen molar-refractivity contribution in [1.82, 2.24) is 5.32 Å². The van der Waals surface area contributed by atoms with E-state index in [1.807, 2.05) is 52.0 Å². The van der Waals surface area contributed by atoms with Gasteiger partial charge >= 0.3 is 0 Å². The van der Waals surface area contributed by atoms with Crippen LogP contribution in [0.5, 0.6) is 5.75 Å². The van der Waals surface area contributed by atoms with Crippen molar-refractivity contribution < 1.29 is 9.53 Å². The van der Waals surface area contributed by atoms with Gasteiger partial charge in [-0.25, -0.2) is 0 Å². The molecule has 1 N–H and O–H groups in total. The molecule has 0 heterocycles. The summed E-state index contributed by atoms with van der Waals surface area (Å²) >= 11 is 0. The van der Waals surface area contributed by atoms with Crippen molar-refractivity contribution in [2.45, 2.75) is 33.7 Å². The summed E-state index contributed by atoms with van der Waals surface area (Å²) < 4.78 is 5.28. The molecule has 94 valence electrons. The van der Waals surface area contributed by atoms with E-state index in [1.54, 1.807) is 7.11 Å². The second-order valence-electron chi connectivity index (χ2n) is 5.19. The van der Waals surface area contributed by atoms with Crippen molar-refractivity contribution in [3.63, 3.8) is 0 Å². The van der Waals surface area contributed by atoms with Crippen LogP contribution in [-0.2, 0) is 4.79 Å². The van der Waals surface area contributed by atoms with Gasteiger partial charge in [-0.3, -0.25) is 4.79 Å². The minimum absolute atomic E-state index is 0.0379. The summed E-state index contributed by atoms with van der Waals surface area (Å²) in [5.41, 5.74) is 0.614. The molecule has 0 bridgehead atoms. The molecule has 17 heavy (non-hydrogen) atoms. The Morgan fingerprint density at radius 2 is 1.88 bits per heavy atom. The lowest BCUT2D eigenvalue weighted by Crippen LogP contribution is -2.36. The molecule has 0 aliphatic carbocycles. The number of ether oxygens (including phenoxy) is 1. The van der Waals surface area contributed by atoms with Crippen LogP contribution in [0.3, 0.4) is 0 Å². The third-order valence-electron chi connectivity index (χ3n) is 2.63. The first-order valence-electron chi connectivity index (χ1n) is 5.80. The van der Waals surface area contributed by atoms with Gasteiger partial charge in [0.05, 0.1) is 13.2 Å². The molecule has 1 atom stereocenters.